The summed E-state index contributed by atoms with van der Waals surface area (Å²) < 4.78 is 10.2. The molecule has 0 aliphatic rings. The van der Waals surface area contributed by atoms with E-state index in [1.807, 2.05) is 20.8 Å². The second-order valence-corrected chi connectivity index (χ2v) is 4.07. The van der Waals surface area contributed by atoms with E-state index in [-0.39, 0.29) is 19.0 Å². The maximum atomic E-state index is 11.2. The number of rotatable bonds is 6. The molecule has 0 aliphatic carbocycles. The number of carbonyl (C=O) groups is 1. The molecule has 0 amide bonds. The third-order valence-corrected chi connectivity index (χ3v) is 1.36. The van der Waals surface area contributed by atoms with Gasteiger partial charge in [-0.2, -0.15) is 0 Å². The molecule has 0 aromatic heterocycles. The van der Waals surface area contributed by atoms with Crippen molar-refractivity contribution in [1.29, 1.82) is 0 Å². The fourth-order valence-electron chi connectivity index (χ4n) is 0.842. The lowest BCUT2D eigenvalue weighted by atomic mass is 10.2. The van der Waals surface area contributed by atoms with Crippen molar-refractivity contribution in [3.05, 3.63) is 12.2 Å². The molecule has 0 heterocycles. The zero-order chi connectivity index (χ0) is 11.7. The molecule has 0 aromatic rings. The summed E-state index contributed by atoms with van der Waals surface area (Å²) in [5.41, 5.74) is -0.437. The summed E-state index contributed by atoms with van der Waals surface area (Å²) in [5, 5.41) is 8.42. The van der Waals surface area contributed by atoms with Crippen molar-refractivity contribution >= 4 is 5.97 Å². The number of aliphatic hydroxyl groups excluding tert-OH is 1. The van der Waals surface area contributed by atoms with E-state index in [9.17, 15) is 4.79 Å². The van der Waals surface area contributed by atoms with Crippen LogP contribution in [0.2, 0.25) is 0 Å². The molecule has 0 rings (SSSR count). The molecule has 88 valence electrons. The molecular weight excluding hydrogens is 196 g/mol. The number of carbonyl (C=O) groups excluding carboxylic acids is 1. The summed E-state index contributed by atoms with van der Waals surface area (Å²) in [4.78, 5) is 11.2. The van der Waals surface area contributed by atoms with Crippen LogP contribution in [0, 0.1) is 0 Å². The Morgan fingerprint density at radius 3 is 2.53 bits per heavy atom. The smallest absolute Gasteiger partial charge is 0.308 e. The van der Waals surface area contributed by atoms with Gasteiger partial charge in [-0.1, -0.05) is 12.2 Å². The average Bonchev–Trinajstić information content (AvgIpc) is 2.08. The standard InChI is InChI=1S/C11H20O4/c1-11(2,3)15-10(13)6-9-14-8-5-4-7-12/h4-5,12H,6-9H2,1-3H3. The molecule has 0 atom stereocenters. The Hall–Kier alpha value is -0.870. The topological polar surface area (TPSA) is 55.8 Å². The molecule has 0 spiro atoms. The zero-order valence-electron chi connectivity index (χ0n) is 9.66. The van der Waals surface area contributed by atoms with Crippen LogP contribution in [-0.4, -0.2) is 36.5 Å². The van der Waals surface area contributed by atoms with Gasteiger partial charge in [0.05, 0.1) is 26.2 Å². The third-order valence-electron chi connectivity index (χ3n) is 1.36. The van der Waals surface area contributed by atoms with E-state index < -0.39 is 5.60 Å². The van der Waals surface area contributed by atoms with Gasteiger partial charge in [0.15, 0.2) is 0 Å². The van der Waals surface area contributed by atoms with E-state index in [0.29, 0.717) is 13.2 Å². The Kier molecular flexibility index (Phi) is 6.99. The van der Waals surface area contributed by atoms with Crippen molar-refractivity contribution in [2.75, 3.05) is 19.8 Å². The quantitative estimate of drug-likeness (QED) is 0.413. The van der Waals surface area contributed by atoms with Crippen molar-refractivity contribution in [2.24, 2.45) is 0 Å². The van der Waals surface area contributed by atoms with E-state index in [2.05, 4.69) is 0 Å². The summed E-state index contributed by atoms with van der Waals surface area (Å²) in [6, 6.07) is 0. The van der Waals surface area contributed by atoms with Crippen molar-refractivity contribution < 1.29 is 19.4 Å². The van der Waals surface area contributed by atoms with E-state index in [1.165, 1.54) is 0 Å². The van der Waals surface area contributed by atoms with Gasteiger partial charge < -0.3 is 14.6 Å². The first-order valence-corrected chi connectivity index (χ1v) is 5.01. The minimum atomic E-state index is -0.437. The van der Waals surface area contributed by atoms with E-state index >= 15 is 0 Å². The molecule has 0 saturated heterocycles. The van der Waals surface area contributed by atoms with Crippen molar-refractivity contribution in [3.8, 4) is 0 Å². The summed E-state index contributed by atoms with van der Waals surface area (Å²) in [5.74, 6) is -0.256. The minimum Gasteiger partial charge on any atom is -0.460 e. The summed E-state index contributed by atoms with van der Waals surface area (Å²) >= 11 is 0. The summed E-state index contributed by atoms with van der Waals surface area (Å²) in [7, 11) is 0. The van der Waals surface area contributed by atoms with Gasteiger partial charge in [-0.05, 0) is 20.8 Å². The van der Waals surface area contributed by atoms with Crippen LogP contribution < -0.4 is 0 Å². The molecule has 0 saturated carbocycles. The van der Waals surface area contributed by atoms with Crippen LogP contribution in [0.1, 0.15) is 27.2 Å². The summed E-state index contributed by atoms with van der Waals surface area (Å²) in [6.45, 7) is 6.24. The molecule has 0 unspecified atom stereocenters. The Morgan fingerprint density at radius 2 is 2.00 bits per heavy atom. The van der Waals surface area contributed by atoms with Crippen LogP contribution in [-0.2, 0) is 14.3 Å². The second-order valence-electron chi connectivity index (χ2n) is 4.07. The highest BCUT2D eigenvalue weighted by molar-refractivity contribution is 5.69. The fourth-order valence-corrected chi connectivity index (χ4v) is 0.842. The van der Waals surface area contributed by atoms with Crippen LogP contribution in [0.4, 0.5) is 0 Å². The van der Waals surface area contributed by atoms with Gasteiger partial charge in [0.25, 0.3) is 0 Å². The Morgan fingerprint density at radius 1 is 1.33 bits per heavy atom. The van der Waals surface area contributed by atoms with Gasteiger partial charge in [0.2, 0.25) is 0 Å². The van der Waals surface area contributed by atoms with Crippen LogP contribution in [0.3, 0.4) is 0 Å². The maximum absolute atomic E-state index is 11.2. The molecule has 0 bridgehead atoms. The number of aliphatic hydroxyl groups is 1. The molecule has 1 N–H and O–H groups in total. The molecule has 0 fully saturated rings. The molecule has 0 aliphatic heterocycles. The molecule has 0 radical (unpaired) electrons. The first kappa shape index (κ1) is 14.1. The summed E-state index contributed by atoms with van der Waals surface area (Å²) in [6.07, 6.45) is 3.55. The number of hydrogen-bond acceptors (Lipinski definition) is 4. The molecule has 15 heavy (non-hydrogen) atoms. The molecule has 0 aromatic carbocycles. The van der Waals surface area contributed by atoms with Gasteiger partial charge in [-0.25, -0.2) is 0 Å². The Bertz CT molecular complexity index is 203. The third kappa shape index (κ3) is 11.1. The van der Waals surface area contributed by atoms with E-state index in [4.69, 9.17) is 14.6 Å². The van der Waals surface area contributed by atoms with E-state index in [1.54, 1.807) is 12.2 Å². The van der Waals surface area contributed by atoms with E-state index in [0.717, 1.165) is 0 Å². The highest BCUT2D eigenvalue weighted by Crippen LogP contribution is 2.07. The minimum absolute atomic E-state index is 0.00935. The number of hydrogen-bond donors (Lipinski definition) is 1. The average molecular weight is 216 g/mol. The SMILES string of the molecule is CC(C)(C)OC(=O)CCOCC=CCO. The maximum Gasteiger partial charge on any atom is 0.308 e. The van der Waals surface area contributed by atoms with Crippen LogP contribution in [0.5, 0.6) is 0 Å². The predicted octanol–water partition coefficient (Wildman–Crippen LogP) is 1.28. The largest absolute Gasteiger partial charge is 0.460 e. The number of esters is 1. The lowest BCUT2D eigenvalue weighted by Crippen LogP contribution is -2.24. The van der Waals surface area contributed by atoms with Gasteiger partial charge >= 0.3 is 5.97 Å². The van der Waals surface area contributed by atoms with Crippen molar-refractivity contribution in [2.45, 2.75) is 32.8 Å². The van der Waals surface area contributed by atoms with Gasteiger partial charge in [-0.15, -0.1) is 0 Å². The first-order chi connectivity index (χ1) is 6.95. The van der Waals surface area contributed by atoms with Gasteiger partial charge in [-0.3, -0.25) is 4.79 Å². The number of ether oxygens (including phenoxy) is 2. The highest BCUT2D eigenvalue weighted by Gasteiger charge is 2.15. The van der Waals surface area contributed by atoms with Gasteiger partial charge in [0.1, 0.15) is 5.60 Å². The Balaban J connectivity index is 3.44. The van der Waals surface area contributed by atoms with Crippen LogP contribution in [0.25, 0.3) is 0 Å². The molecule has 4 nitrogen and oxygen atoms in total. The van der Waals surface area contributed by atoms with Gasteiger partial charge in [0, 0.05) is 0 Å². The zero-order valence-corrected chi connectivity index (χ0v) is 9.66. The lowest BCUT2D eigenvalue weighted by molar-refractivity contribution is -0.155. The van der Waals surface area contributed by atoms with Crippen molar-refractivity contribution in [3.63, 3.8) is 0 Å². The normalized spacial score (nSPS) is 12.0. The first-order valence-electron chi connectivity index (χ1n) is 5.01. The predicted molar refractivity (Wildman–Crippen MR) is 57.5 cm³/mol. The van der Waals surface area contributed by atoms with Crippen molar-refractivity contribution in [1.82, 2.24) is 0 Å². The highest BCUT2D eigenvalue weighted by atomic mass is 16.6. The Labute approximate surface area is 90.9 Å². The van der Waals surface area contributed by atoms with Crippen LogP contribution >= 0.6 is 0 Å². The second kappa shape index (κ2) is 7.43. The fraction of sp³-hybridized carbons (Fsp3) is 0.727. The van der Waals surface area contributed by atoms with Crippen LogP contribution in [0.15, 0.2) is 12.2 Å². The molecule has 4 heteroatoms. The monoisotopic (exact) mass is 216 g/mol. The lowest BCUT2D eigenvalue weighted by Gasteiger charge is -2.19. The molecular formula is C11H20O4.